The molecule has 0 saturated heterocycles. The summed E-state index contributed by atoms with van der Waals surface area (Å²) in [7, 11) is 0. The third-order valence-electron chi connectivity index (χ3n) is 5.74. The average molecular weight is 473 g/mol. The lowest BCUT2D eigenvalue weighted by atomic mass is 10.0. The molecule has 1 unspecified atom stereocenters. The standard InChI is InChI=1S/C23H16ClF3N4O2/c1-12(31-21(32)14-6-2-3-7-15(14)22(31)33)16-11-13-5-4-8-17(24)19(13)28-20(16)30-10-9-18(29-30)23(25,26)27/h2-12,21,32H,1H3/t12-,21?/m0/s1. The monoisotopic (exact) mass is 472 g/mol. The Hall–Kier alpha value is -3.43. The van der Waals surface area contributed by atoms with Gasteiger partial charge in [-0.05, 0) is 31.2 Å². The molecule has 0 aliphatic carbocycles. The zero-order valence-corrected chi connectivity index (χ0v) is 17.8. The van der Waals surface area contributed by atoms with Crippen LogP contribution in [0.25, 0.3) is 16.7 Å². The zero-order valence-electron chi connectivity index (χ0n) is 17.1. The van der Waals surface area contributed by atoms with Crippen molar-refractivity contribution in [3.05, 3.63) is 88.2 Å². The molecule has 2 atom stereocenters. The second-order valence-electron chi connectivity index (χ2n) is 7.71. The van der Waals surface area contributed by atoms with Crippen molar-refractivity contribution < 1.29 is 23.1 Å². The predicted octanol–water partition coefficient (Wildman–Crippen LogP) is 5.30. The third kappa shape index (κ3) is 3.44. The molecule has 0 fully saturated rings. The Balaban J connectivity index is 1.68. The van der Waals surface area contributed by atoms with Crippen molar-refractivity contribution in [3.8, 4) is 5.82 Å². The molecule has 168 valence electrons. The molecular weight excluding hydrogens is 457 g/mol. The van der Waals surface area contributed by atoms with Gasteiger partial charge in [0.2, 0.25) is 0 Å². The van der Waals surface area contributed by atoms with Gasteiger partial charge in [0.05, 0.1) is 16.6 Å². The molecule has 0 spiro atoms. The van der Waals surface area contributed by atoms with Crippen molar-refractivity contribution in [2.45, 2.75) is 25.4 Å². The summed E-state index contributed by atoms with van der Waals surface area (Å²) in [4.78, 5) is 18.9. The molecule has 3 heterocycles. The molecule has 33 heavy (non-hydrogen) atoms. The minimum Gasteiger partial charge on any atom is -0.369 e. The average Bonchev–Trinajstić information content (AvgIpc) is 3.37. The number of halogens is 4. The van der Waals surface area contributed by atoms with Crippen molar-refractivity contribution >= 4 is 28.4 Å². The van der Waals surface area contributed by atoms with Crippen molar-refractivity contribution in [2.24, 2.45) is 0 Å². The van der Waals surface area contributed by atoms with Crippen molar-refractivity contribution in [3.63, 3.8) is 0 Å². The smallest absolute Gasteiger partial charge is 0.369 e. The quantitative estimate of drug-likeness (QED) is 0.439. The van der Waals surface area contributed by atoms with E-state index in [1.165, 1.54) is 4.90 Å². The lowest BCUT2D eigenvalue weighted by molar-refractivity contribution is -0.141. The van der Waals surface area contributed by atoms with Gasteiger partial charge in [-0.25, -0.2) is 9.67 Å². The first-order valence-electron chi connectivity index (χ1n) is 9.99. The number of amides is 1. The number of aliphatic hydroxyl groups excluding tert-OH is 1. The fraction of sp³-hybridized carbons (Fsp3) is 0.174. The molecule has 1 amide bonds. The highest BCUT2D eigenvalue weighted by molar-refractivity contribution is 6.35. The van der Waals surface area contributed by atoms with Gasteiger partial charge in [0, 0.05) is 28.3 Å². The Morgan fingerprint density at radius 1 is 1.12 bits per heavy atom. The first-order chi connectivity index (χ1) is 15.7. The molecule has 1 N–H and O–H groups in total. The van der Waals surface area contributed by atoms with Crippen LogP contribution >= 0.6 is 11.6 Å². The first-order valence-corrected chi connectivity index (χ1v) is 10.4. The zero-order chi connectivity index (χ0) is 23.5. The Morgan fingerprint density at radius 2 is 1.88 bits per heavy atom. The van der Waals surface area contributed by atoms with Crippen LogP contribution in [0, 0.1) is 0 Å². The van der Waals surface area contributed by atoms with E-state index in [2.05, 4.69) is 10.1 Å². The molecule has 5 rings (SSSR count). The summed E-state index contributed by atoms with van der Waals surface area (Å²) in [5.74, 6) is -0.311. The summed E-state index contributed by atoms with van der Waals surface area (Å²) >= 11 is 6.28. The fourth-order valence-electron chi connectivity index (χ4n) is 4.11. The number of aliphatic hydroxyl groups is 1. The Morgan fingerprint density at radius 3 is 2.58 bits per heavy atom. The second kappa shape index (κ2) is 7.57. The van der Waals surface area contributed by atoms with E-state index in [1.807, 2.05) is 0 Å². The molecule has 10 heteroatoms. The number of benzene rings is 2. The summed E-state index contributed by atoms with van der Waals surface area (Å²) in [6.45, 7) is 1.68. The molecule has 0 bridgehead atoms. The number of para-hydroxylation sites is 1. The second-order valence-corrected chi connectivity index (χ2v) is 8.11. The van der Waals surface area contributed by atoms with Crippen LogP contribution in [0.3, 0.4) is 0 Å². The normalized spacial score (nSPS) is 17.0. The number of hydrogen-bond acceptors (Lipinski definition) is 4. The van der Waals surface area contributed by atoms with Gasteiger partial charge in [-0.3, -0.25) is 4.79 Å². The summed E-state index contributed by atoms with van der Waals surface area (Å²) < 4.78 is 40.6. The number of aromatic nitrogens is 3. The SMILES string of the molecule is C[C@@H](c1cc2cccc(Cl)c2nc1-n1ccc(C(F)(F)F)n1)N1C(=O)c2ccccc2C1O. The van der Waals surface area contributed by atoms with E-state index < -0.39 is 24.1 Å². The number of alkyl halides is 3. The number of carbonyl (C=O) groups excluding carboxylic acids is 1. The lowest BCUT2D eigenvalue weighted by Gasteiger charge is -2.29. The van der Waals surface area contributed by atoms with Crippen LogP contribution in [-0.4, -0.2) is 30.7 Å². The third-order valence-corrected chi connectivity index (χ3v) is 6.04. The molecule has 0 radical (unpaired) electrons. The lowest BCUT2D eigenvalue weighted by Crippen LogP contribution is -2.31. The van der Waals surface area contributed by atoms with Gasteiger partial charge in [-0.2, -0.15) is 18.3 Å². The summed E-state index contributed by atoms with van der Waals surface area (Å²) in [5, 5.41) is 15.5. The van der Waals surface area contributed by atoms with Gasteiger partial charge in [0.1, 0.15) is 0 Å². The van der Waals surface area contributed by atoms with Crippen molar-refractivity contribution in [1.29, 1.82) is 0 Å². The summed E-state index contributed by atoms with van der Waals surface area (Å²) in [6, 6.07) is 13.6. The van der Waals surface area contributed by atoms with Crippen LogP contribution in [0.2, 0.25) is 5.02 Å². The van der Waals surface area contributed by atoms with Crippen LogP contribution in [-0.2, 0) is 6.18 Å². The van der Waals surface area contributed by atoms with Gasteiger partial charge in [0.25, 0.3) is 5.91 Å². The highest BCUT2D eigenvalue weighted by Gasteiger charge is 2.40. The molecular formula is C23H16ClF3N4O2. The topological polar surface area (TPSA) is 71.2 Å². The van der Waals surface area contributed by atoms with Gasteiger partial charge in [-0.15, -0.1) is 0 Å². The molecule has 1 aliphatic heterocycles. The van der Waals surface area contributed by atoms with Crippen molar-refractivity contribution in [1.82, 2.24) is 19.7 Å². The van der Waals surface area contributed by atoms with E-state index in [0.717, 1.165) is 16.9 Å². The predicted molar refractivity (Wildman–Crippen MR) is 115 cm³/mol. The summed E-state index contributed by atoms with van der Waals surface area (Å²) in [6.07, 6.45) is -4.69. The Labute approximate surface area is 190 Å². The number of rotatable bonds is 3. The van der Waals surface area contributed by atoms with Gasteiger partial charge >= 0.3 is 6.18 Å². The van der Waals surface area contributed by atoms with E-state index >= 15 is 0 Å². The fourth-order valence-corrected chi connectivity index (χ4v) is 4.33. The number of fused-ring (bicyclic) bond motifs is 2. The Bertz CT molecular complexity index is 1400. The first kappa shape index (κ1) is 21.4. The maximum absolute atomic E-state index is 13.2. The van der Waals surface area contributed by atoms with Gasteiger partial charge in [-0.1, -0.05) is 41.9 Å². The minimum atomic E-state index is -4.63. The van der Waals surface area contributed by atoms with Crippen molar-refractivity contribution in [2.75, 3.05) is 0 Å². The molecule has 6 nitrogen and oxygen atoms in total. The maximum atomic E-state index is 13.2. The molecule has 0 saturated carbocycles. The molecule has 2 aromatic carbocycles. The maximum Gasteiger partial charge on any atom is 0.435 e. The van der Waals surface area contributed by atoms with E-state index in [1.54, 1.807) is 55.5 Å². The number of hydrogen-bond donors (Lipinski definition) is 1. The van der Waals surface area contributed by atoms with Gasteiger partial charge < -0.3 is 10.0 Å². The van der Waals surface area contributed by atoms with Crippen LogP contribution in [0.15, 0.2) is 60.8 Å². The summed E-state index contributed by atoms with van der Waals surface area (Å²) in [5.41, 5.74) is 0.541. The van der Waals surface area contributed by atoms with Crippen LogP contribution in [0.5, 0.6) is 0 Å². The molecule has 1 aliphatic rings. The van der Waals surface area contributed by atoms with Crippen LogP contribution < -0.4 is 0 Å². The number of nitrogens with zero attached hydrogens (tertiary/aromatic N) is 4. The van der Waals surface area contributed by atoms with E-state index in [0.29, 0.717) is 32.6 Å². The molecule has 4 aromatic rings. The number of pyridine rings is 1. The number of carbonyl (C=O) groups is 1. The van der Waals surface area contributed by atoms with E-state index in [-0.39, 0.29) is 11.7 Å². The highest BCUT2D eigenvalue weighted by atomic mass is 35.5. The highest BCUT2D eigenvalue weighted by Crippen LogP contribution is 2.40. The van der Waals surface area contributed by atoms with Crippen LogP contribution in [0.1, 0.15) is 46.4 Å². The largest absolute Gasteiger partial charge is 0.435 e. The molecule has 2 aromatic heterocycles. The van der Waals surface area contributed by atoms with E-state index in [9.17, 15) is 23.1 Å². The van der Waals surface area contributed by atoms with E-state index in [4.69, 9.17) is 11.6 Å². The minimum absolute atomic E-state index is 0.0783. The van der Waals surface area contributed by atoms with Gasteiger partial charge in [0.15, 0.2) is 17.7 Å². The van der Waals surface area contributed by atoms with Crippen LogP contribution in [0.4, 0.5) is 13.2 Å². The Kier molecular flexibility index (Phi) is 4.91.